The van der Waals surface area contributed by atoms with Gasteiger partial charge < -0.3 is 4.90 Å². The number of aryl methyl sites for hydroxylation is 1. The third-order valence-electron chi connectivity index (χ3n) is 6.05. The maximum absolute atomic E-state index is 13.4. The number of para-hydroxylation sites is 1. The van der Waals surface area contributed by atoms with E-state index in [2.05, 4.69) is 0 Å². The lowest BCUT2D eigenvalue weighted by Gasteiger charge is -2.25. The van der Waals surface area contributed by atoms with Crippen LogP contribution < -0.4 is 5.14 Å². The van der Waals surface area contributed by atoms with Crippen molar-refractivity contribution in [2.24, 2.45) is 5.14 Å². The van der Waals surface area contributed by atoms with Crippen LogP contribution in [0, 0.1) is 6.92 Å². The molecule has 0 bridgehead atoms. The van der Waals surface area contributed by atoms with E-state index in [-0.39, 0.29) is 16.8 Å². The lowest BCUT2D eigenvalue weighted by molar-refractivity contribution is 0.0735. The maximum Gasteiger partial charge on any atom is 0.274 e. The lowest BCUT2D eigenvalue weighted by atomic mass is 10.1. The van der Waals surface area contributed by atoms with Crippen LogP contribution >= 0.6 is 0 Å². The normalized spacial score (nSPS) is 14.3. The van der Waals surface area contributed by atoms with Gasteiger partial charge in [0.15, 0.2) is 5.69 Å². The summed E-state index contributed by atoms with van der Waals surface area (Å²) in [6, 6.07) is 14.0. The highest BCUT2D eigenvalue weighted by Crippen LogP contribution is 2.31. The molecule has 8 heteroatoms. The van der Waals surface area contributed by atoms with E-state index in [0.717, 1.165) is 41.8 Å². The molecular weight excluding hydrogens is 412 g/mol. The number of benzene rings is 2. The summed E-state index contributed by atoms with van der Waals surface area (Å²) < 4.78 is 25.3. The van der Waals surface area contributed by atoms with Gasteiger partial charge in [-0.05, 0) is 62.4 Å². The van der Waals surface area contributed by atoms with Crippen molar-refractivity contribution in [2.45, 2.75) is 44.0 Å². The van der Waals surface area contributed by atoms with Gasteiger partial charge in [-0.15, -0.1) is 0 Å². The van der Waals surface area contributed by atoms with Crippen LogP contribution in [-0.4, -0.2) is 36.1 Å². The van der Waals surface area contributed by atoms with Crippen LogP contribution in [0.1, 0.15) is 52.3 Å². The summed E-state index contributed by atoms with van der Waals surface area (Å²) in [5, 5.41) is 9.99. The van der Waals surface area contributed by atoms with Crippen LogP contribution in [0.3, 0.4) is 0 Å². The number of sulfonamides is 1. The van der Waals surface area contributed by atoms with E-state index < -0.39 is 10.0 Å². The summed E-state index contributed by atoms with van der Waals surface area (Å²) in [5.74, 6) is -0.181. The zero-order chi connectivity index (χ0) is 22.3. The number of amides is 1. The fraction of sp³-hybridized carbons (Fsp3) is 0.304. The molecule has 1 aliphatic carbocycles. The van der Waals surface area contributed by atoms with Crippen LogP contribution in [0.25, 0.3) is 5.69 Å². The predicted molar refractivity (Wildman–Crippen MR) is 119 cm³/mol. The Morgan fingerprint density at radius 3 is 2.61 bits per heavy atom. The molecule has 0 saturated carbocycles. The Hall–Kier alpha value is -2.97. The second kappa shape index (κ2) is 7.94. The van der Waals surface area contributed by atoms with Gasteiger partial charge in [0.25, 0.3) is 5.91 Å². The minimum atomic E-state index is -3.82. The molecular formula is C23H26N4O3S. The third kappa shape index (κ3) is 3.88. The summed E-state index contributed by atoms with van der Waals surface area (Å²) in [5.41, 5.74) is 5.34. The number of aromatic nitrogens is 2. The van der Waals surface area contributed by atoms with E-state index in [1.807, 2.05) is 42.8 Å². The second-order valence-electron chi connectivity index (χ2n) is 8.04. The molecule has 162 valence electrons. The first-order valence-electron chi connectivity index (χ1n) is 10.2. The molecule has 0 aliphatic heterocycles. The molecule has 0 radical (unpaired) electrons. The molecule has 0 fully saturated rings. The minimum Gasteiger partial charge on any atom is -0.334 e. The van der Waals surface area contributed by atoms with Crippen molar-refractivity contribution in [3.8, 4) is 5.69 Å². The van der Waals surface area contributed by atoms with Crippen LogP contribution in [0.4, 0.5) is 0 Å². The van der Waals surface area contributed by atoms with Gasteiger partial charge in [0, 0.05) is 18.3 Å². The Bertz CT molecular complexity index is 1260. The Kier molecular flexibility index (Phi) is 5.45. The standard InChI is InChI=1S/C23H26N4O3S/c1-15-8-4-5-12-20(15)27-21-13-7-11-19(21)22(25-27)23(28)26(3)16(2)17-9-6-10-18(14-17)31(24,29)30/h4-6,8-10,12,14,16H,7,11,13H2,1-3H3,(H2,24,29,30). The van der Waals surface area contributed by atoms with Crippen LogP contribution in [-0.2, 0) is 22.9 Å². The van der Waals surface area contributed by atoms with E-state index in [4.69, 9.17) is 10.2 Å². The van der Waals surface area contributed by atoms with E-state index in [1.54, 1.807) is 24.1 Å². The molecule has 1 heterocycles. The smallest absolute Gasteiger partial charge is 0.274 e. The maximum atomic E-state index is 13.4. The monoisotopic (exact) mass is 438 g/mol. The quantitative estimate of drug-likeness (QED) is 0.662. The van der Waals surface area contributed by atoms with Crippen molar-refractivity contribution in [3.63, 3.8) is 0 Å². The predicted octanol–water partition coefficient (Wildman–Crippen LogP) is 3.15. The van der Waals surface area contributed by atoms with Gasteiger partial charge >= 0.3 is 0 Å². The molecule has 1 amide bonds. The molecule has 2 N–H and O–H groups in total. The zero-order valence-electron chi connectivity index (χ0n) is 17.9. The fourth-order valence-electron chi connectivity index (χ4n) is 4.13. The van der Waals surface area contributed by atoms with Gasteiger partial charge in [-0.1, -0.05) is 30.3 Å². The Morgan fingerprint density at radius 2 is 1.90 bits per heavy atom. The van der Waals surface area contributed by atoms with Crippen LogP contribution in [0.2, 0.25) is 0 Å². The van der Waals surface area contributed by atoms with Gasteiger partial charge in [-0.25, -0.2) is 18.2 Å². The largest absolute Gasteiger partial charge is 0.334 e. The fourth-order valence-corrected chi connectivity index (χ4v) is 4.70. The number of fused-ring (bicyclic) bond motifs is 1. The number of nitrogens with zero attached hydrogens (tertiary/aromatic N) is 3. The van der Waals surface area contributed by atoms with Crippen molar-refractivity contribution in [1.29, 1.82) is 0 Å². The van der Waals surface area contributed by atoms with Crippen molar-refractivity contribution in [1.82, 2.24) is 14.7 Å². The first kappa shape index (κ1) is 21.3. The highest BCUT2D eigenvalue weighted by molar-refractivity contribution is 7.89. The molecule has 1 aliphatic rings. The SMILES string of the molecule is Cc1ccccc1-n1nc(C(=O)N(C)C(C)c2cccc(S(N)(=O)=O)c2)c2c1CCC2. The lowest BCUT2D eigenvalue weighted by Crippen LogP contribution is -2.31. The van der Waals surface area contributed by atoms with Crippen LogP contribution in [0.5, 0.6) is 0 Å². The average molecular weight is 439 g/mol. The number of primary sulfonamides is 1. The molecule has 4 rings (SSSR count). The summed E-state index contributed by atoms with van der Waals surface area (Å²) >= 11 is 0. The summed E-state index contributed by atoms with van der Waals surface area (Å²) in [7, 11) is -2.10. The summed E-state index contributed by atoms with van der Waals surface area (Å²) in [4.78, 5) is 15.1. The molecule has 0 saturated heterocycles. The van der Waals surface area contributed by atoms with Gasteiger partial charge in [-0.3, -0.25) is 4.79 Å². The van der Waals surface area contributed by atoms with Crippen molar-refractivity contribution in [3.05, 3.63) is 76.6 Å². The molecule has 1 aromatic heterocycles. The number of carbonyl (C=O) groups is 1. The minimum absolute atomic E-state index is 0.0300. The van der Waals surface area contributed by atoms with E-state index >= 15 is 0 Å². The van der Waals surface area contributed by atoms with E-state index in [9.17, 15) is 13.2 Å². The molecule has 1 atom stereocenters. The molecule has 0 spiro atoms. The van der Waals surface area contributed by atoms with Crippen LogP contribution in [0.15, 0.2) is 53.4 Å². The van der Waals surface area contributed by atoms with Gasteiger partial charge in [0.2, 0.25) is 10.0 Å². The molecule has 3 aromatic rings. The van der Waals surface area contributed by atoms with Crippen molar-refractivity contribution >= 4 is 15.9 Å². The third-order valence-corrected chi connectivity index (χ3v) is 6.96. The molecule has 2 aromatic carbocycles. The number of rotatable bonds is 5. The molecule has 31 heavy (non-hydrogen) atoms. The number of nitrogens with two attached hydrogens (primary N) is 1. The van der Waals surface area contributed by atoms with Gasteiger partial charge in [0.1, 0.15) is 0 Å². The molecule has 1 unspecified atom stereocenters. The summed E-state index contributed by atoms with van der Waals surface area (Å²) in [6.45, 7) is 3.89. The second-order valence-corrected chi connectivity index (χ2v) is 9.60. The highest BCUT2D eigenvalue weighted by Gasteiger charge is 2.30. The zero-order valence-corrected chi connectivity index (χ0v) is 18.7. The first-order valence-corrected chi connectivity index (χ1v) is 11.8. The Balaban J connectivity index is 1.69. The van der Waals surface area contributed by atoms with Crippen molar-refractivity contribution < 1.29 is 13.2 Å². The Morgan fingerprint density at radius 1 is 1.16 bits per heavy atom. The average Bonchev–Trinajstić information content (AvgIpc) is 3.35. The topological polar surface area (TPSA) is 98.3 Å². The van der Waals surface area contributed by atoms with Gasteiger partial charge in [-0.2, -0.15) is 5.10 Å². The number of hydrogen-bond donors (Lipinski definition) is 1. The van der Waals surface area contributed by atoms with E-state index in [1.165, 1.54) is 12.1 Å². The summed E-state index contributed by atoms with van der Waals surface area (Å²) in [6.07, 6.45) is 2.71. The highest BCUT2D eigenvalue weighted by atomic mass is 32.2. The number of carbonyl (C=O) groups excluding carboxylic acids is 1. The number of hydrogen-bond acceptors (Lipinski definition) is 4. The first-order chi connectivity index (χ1) is 14.7. The van der Waals surface area contributed by atoms with E-state index in [0.29, 0.717) is 11.3 Å². The Labute approximate surface area is 182 Å². The van der Waals surface area contributed by atoms with Gasteiger partial charge in [0.05, 0.1) is 16.6 Å². The van der Waals surface area contributed by atoms with Crippen molar-refractivity contribution in [2.75, 3.05) is 7.05 Å². The molecule has 7 nitrogen and oxygen atoms in total.